The van der Waals surface area contributed by atoms with Crippen molar-refractivity contribution in [3.05, 3.63) is 29.8 Å². The molecule has 0 saturated carbocycles. The number of rotatable bonds is 6. The number of para-hydroxylation sites is 1. The van der Waals surface area contributed by atoms with Crippen LogP contribution in [-0.2, 0) is 6.42 Å². The van der Waals surface area contributed by atoms with Crippen molar-refractivity contribution in [3.63, 3.8) is 0 Å². The van der Waals surface area contributed by atoms with Gasteiger partial charge in [-0.15, -0.1) is 12.3 Å². The summed E-state index contributed by atoms with van der Waals surface area (Å²) < 4.78 is 5.36. The third-order valence-corrected chi connectivity index (χ3v) is 3.07. The van der Waals surface area contributed by atoms with E-state index >= 15 is 0 Å². The van der Waals surface area contributed by atoms with E-state index in [0.29, 0.717) is 6.04 Å². The fraction of sp³-hybridized carbons (Fsp3) is 0.467. The summed E-state index contributed by atoms with van der Waals surface area (Å²) in [4.78, 5) is 2.28. The molecule has 2 heteroatoms. The quantitative estimate of drug-likeness (QED) is 0.698. The number of nitrogens with zero attached hydrogens (tertiary/aromatic N) is 1. The van der Waals surface area contributed by atoms with Crippen LogP contribution >= 0.6 is 0 Å². The molecule has 0 heterocycles. The Morgan fingerprint density at radius 3 is 2.76 bits per heavy atom. The predicted octanol–water partition coefficient (Wildman–Crippen LogP) is 2.58. The summed E-state index contributed by atoms with van der Waals surface area (Å²) in [5, 5.41) is 0. The maximum atomic E-state index is 5.36. The van der Waals surface area contributed by atoms with Crippen LogP contribution in [0.1, 0.15) is 18.9 Å². The number of hydrogen-bond acceptors (Lipinski definition) is 2. The molecular formula is C15H21NO. The smallest absolute Gasteiger partial charge is 0.122 e. The van der Waals surface area contributed by atoms with Gasteiger partial charge in [-0.25, -0.2) is 0 Å². The lowest BCUT2D eigenvalue weighted by molar-refractivity contribution is 0.260. The minimum absolute atomic E-state index is 0.458. The van der Waals surface area contributed by atoms with Crippen molar-refractivity contribution in [2.75, 3.05) is 20.7 Å². The highest BCUT2D eigenvalue weighted by Crippen LogP contribution is 2.20. The monoisotopic (exact) mass is 231 g/mol. The second-order valence-corrected chi connectivity index (χ2v) is 4.30. The van der Waals surface area contributed by atoms with Crippen LogP contribution in [0.25, 0.3) is 0 Å². The zero-order chi connectivity index (χ0) is 12.7. The standard InChI is InChI=1S/C15H21NO/c1-5-6-11-16(3)13(2)12-14-9-7-8-10-15(14)17-4/h1,7-10,13H,6,11-12H2,2-4H3. The van der Waals surface area contributed by atoms with E-state index < -0.39 is 0 Å². The number of terminal acetylenes is 1. The van der Waals surface area contributed by atoms with Gasteiger partial charge in [0.05, 0.1) is 7.11 Å². The Morgan fingerprint density at radius 2 is 2.12 bits per heavy atom. The summed E-state index contributed by atoms with van der Waals surface area (Å²) in [6, 6.07) is 8.62. The first kappa shape index (κ1) is 13.6. The molecule has 1 unspecified atom stereocenters. The van der Waals surface area contributed by atoms with Gasteiger partial charge >= 0.3 is 0 Å². The largest absolute Gasteiger partial charge is 0.496 e. The Kier molecular flexibility index (Phi) is 5.59. The summed E-state index contributed by atoms with van der Waals surface area (Å²) in [7, 11) is 3.82. The highest BCUT2D eigenvalue weighted by molar-refractivity contribution is 5.33. The Balaban J connectivity index is 2.61. The molecule has 0 bridgehead atoms. The minimum atomic E-state index is 0.458. The fourth-order valence-corrected chi connectivity index (χ4v) is 1.81. The van der Waals surface area contributed by atoms with Crippen LogP contribution in [0, 0.1) is 12.3 Å². The molecule has 0 fully saturated rings. The molecule has 0 N–H and O–H groups in total. The predicted molar refractivity (Wildman–Crippen MR) is 72.2 cm³/mol. The van der Waals surface area contributed by atoms with Gasteiger partial charge in [0.15, 0.2) is 0 Å². The fourth-order valence-electron chi connectivity index (χ4n) is 1.81. The molecule has 92 valence electrons. The van der Waals surface area contributed by atoms with Gasteiger partial charge in [-0.1, -0.05) is 18.2 Å². The number of benzene rings is 1. The van der Waals surface area contributed by atoms with Gasteiger partial charge < -0.3 is 9.64 Å². The van der Waals surface area contributed by atoms with Crippen LogP contribution in [0.5, 0.6) is 5.75 Å². The van der Waals surface area contributed by atoms with Crippen LogP contribution in [0.15, 0.2) is 24.3 Å². The summed E-state index contributed by atoms with van der Waals surface area (Å²) in [5.74, 6) is 3.64. The van der Waals surface area contributed by atoms with Gasteiger partial charge in [-0.05, 0) is 32.0 Å². The van der Waals surface area contributed by atoms with Gasteiger partial charge in [-0.3, -0.25) is 0 Å². The Morgan fingerprint density at radius 1 is 1.41 bits per heavy atom. The molecule has 0 aliphatic heterocycles. The first-order chi connectivity index (χ1) is 8.19. The van der Waals surface area contributed by atoms with E-state index in [4.69, 9.17) is 11.2 Å². The lowest BCUT2D eigenvalue weighted by atomic mass is 10.1. The van der Waals surface area contributed by atoms with Crippen LogP contribution in [0.2, 0.25) is 0 Å². The normalized spacial score (nSPS) is 12.2. The van der Waals surface area contributed by atoms with E-state index in [1.54, 1.807) is 7.11 Å². The molecular weight excluding hydrogens is 210 g/mol. The Bertz CT molecular complexity index is 381. The highest BCUT2D eigenvalue weighted by atomic mass is 16.5. The van der Waals surface area contributed by atoms with E-state index in [1.807, 2.05) is 18.2 Å². The molecule has 0 aliphatic rings. The van der Waals surface area contributed by atoms with Gasteiger partial charge in [0, 0.05) is 19.0 Å². The van der Waals surface area contributed by atoms with Crippen LogP contribution < -0.4 is 4.74 Å². The van der Waals surface area contributed by atoms with Crippen LogP contribution in [0.4, 0.5) is 0 Å². The molecule has 1 aromatic rings. The van der Waals surface area contributed by atoms with E-state index in [0.717, 1.165) is 25.1 Å². The molecule has 0 amide bonds. The van der Waals surface area contributed by atoms with Crippen molar-refractivity contribution in [2.24, 2.45) is 0 Å². The van der Waals surface area contributed by atoms with Crippen LogP contribution in [0.3, 0.4) is 0 Å². The maximum Gasteiger partial charge on any atom is 0.122 e. The number of methoxy groups -OCH3 is 1. The van der Waals surface area contributed by atoms with Gasteiger partial charge in [0.2, 0.25) is 0 Å². The Hall–Kier alpha value is -1.46. The average Bonchev–Trinajstić information content (AvgIpc) is 2.36. The molecule has 2 nitrogen and oxygen atoms in total. The third kappa shape index (κ3) is 4.13. The zero-order valence-corrected chi connectivity index (χ0v) is 10.9. The second kappa shape index (κ2) is 6.98. The lowest BCUT2D eigenvalue weighted by Crippen LogP contribution is -2.31. The van der Waals surface area contributed by atoms with E-state index in [2.05, 4.69) is 30.9 Å². The number of ether oxygens (including phenoxy) is 1. The number of likely N-dealkylation sites (N-methyl/N-ethyl adjacent to an activating group) is 1. The van der Waals surface area contributed by atoms with Crippen molar-refractivity contribution >= 4 is 0 Å². The van der Waals surface area contributed by atoms with Crippen molar-refractivity contribution in [1.29, 1.82) is 0 Å². The van der Waals surface area contributed by atoms with Gasteiger partial charge in [-0.2, -0.15) is 0 Å². The molecule has 1 rings (SSSR count). The van der Waals surface area contributed by atoms with E-state index in [-0.39, 0.29) is 0 Å². The van der Waals surface area contributed by atoms with Crippen molar-refractivity contribution in [1.82, 2.24) is 4.90 Å². The van der Waals surface area contributed by atoms with E-state index in [9.17, 15) is 0 Å². The van der Waals surface area contributed by atoms with Crippen molar-refractivity contribution in [2.45, 2.75) is 25.8 Å². The number of hydrogen-bond donors (Lipinski definition) is 0. The molecule has 1 aromatic carbocycles. The average molecular weight is 231 g/mol. The molecule has 0 saturated heterocycles. The molecule has 0 radical (unpaired) electrons. The third-order valence-electron chi connectivity index (χ3n) is 3.07. The summed E-state index contributed by atoms with van der Waals surface area (Å²) in [5.41, 5.74) is 1.25. The van der Waals surface area contributed by atoms with Crippen molar-refractivity contribution in [3.8, 4) is 18.1 Å². The van der Waals surface area contributed by atoms with E-state index in [1.165, 1.54) is 5.56 Å². The zero-order valence-electron chi connectivity index (χ0n) is 10.9. The minimum Gasteiger partial charge on any atom is -0.496 e. The molecule has 1 atom stereocenters. The van der Waals surface area contributed by atoms with Crippen molar-refractivity contribution < 1.29 is 4.74 Å². The molecule has 17 heavy (non-hydrogen) atoms. The Labute approximate surface area is 105 Å². The van der Waals surface area contributed by atoms with Gasteiger partial charge in [0.25, 0.3) is 0 Å². The van der Waals surface area contributed by atoms with Crippen LogP contribution in [-0.4, -0.2) is 31.6 Å². The first-order valence-corrected chi connectivity index (χ1v) is 5.94. The summed E-state index contributed by atoms with van der Waals surface area (Å²) in [6.07, 6.45) is 7.05. The summed E-state index contributed by atoms with van der Waals surface area (Å²) >= 11 is 0. The summed E-state index contributed by atoms with van der Waals surface area (Å²) in [6.45, 7) is 3.15. The lowest BCUT2D eigenvalue weighted by Gasteiger charge is -2.24. The maximum absolute atomic E-state index is 5.36. The first-order valence-electron chi connectivity index (χ1n) is 5.94. The van der Waals surface area contributed by atoms with Gasteiger partial charge in [0.1, 0.15) is 5.75 Å². The molecule has 0 spiro atoms. The highest BCUT2D eigenvalue weighted by Gasteiger charge is 2.11. The molecule has 0 aliphatic carbocycles. The second-order valence-electron chi connectivity index (χ2n) is 4.30. The topological polar surface area (TPSA) is 12.5 Å². The SMILES string of the molecule is C#CCCN(C)C(C)Cc1ccccc1OC. The molecule has 0 aromatic heterocycles.